The van der Waals surface area contributed by atoms with E-state index in [-0.39, 0.29) is 11.9 Å². The molecule has 0 rings (SSSR count). The number of hydrogen-bond donors (Lipinski definition) is 2. The molecule has 0 spiro atoms. The minimum atomic E-state index is -0.477. The summed E-state index contributed by atoms with van der Waals surface area (Å²) in [5.74, 6) is 0.662. The van der Waals surface area contributed by atoms with Crippen molar-refractivity contribution < 1.29 is 4.79 Å². The maximum atomic E-state index is 12.0. The Balaban J connectivity index is 4.32. The number of nitrogens with one attached hydrogen (secondary N) is 2. The summed E-state index contributed by atoms with van der Waals surface area (Å²) in [5, 5.41) is 6.30. The van der Waals surface area contributed by atoms with Crippen LogP contribution in [0.3, 0.4) is 0 Å². The van der Waals surface area contributed by atoms with Crippen LogP contribution in [0.2, 0.25) is 0 Å². The second-order valence-corrected chi connectivity index (χ2v) is 4.99. The Labute approximate surface area is 100 Å². The van der Waals surface area contributed by atoms with E-state index >= 15 is 0 Å². The van der Waals surface area contributed by atoms with E-state index < -0.39 is 5.54 Å². The summed E-state index contributed by atoms with van der Waals surface area (Å²) in [5.41, 5.74) is -0.477. The third-order valence-electron chi connectivity index (χ3n) is 3.30. The topological polar surface area (TPSA) is 41.1 Å². The molecular weight excluding hydrogens is 200 g/mol. The predicted molar refractivity (Wildman–Crippen MR) is 69.4 cm³/mol. The van der Waals surface area contributed by atoms with Gasteiger partial charge in [-0.2, -0.15) is 0 Å². The molecule has 3 heteroatoms. The van der Waals surface area contributed by atoms with Crippen LogP contribution in [0.25, 0.3) is 0 Å². The highest BCUT2D eigenvalue weighted by molar-refractivity contribution is 5.85. The molecule has 0 radical (unpaired) electrons. The molecule has 0 fully saturated rings. The highest BCUT2D eigenvalue weighted by Gasteiger charge is 2.28. The van der Waals surface area contributed by atoms with Gasteiger partial charge in [0.05, 0.1) is 5.54 Å². The van der Waals surface area contributed by atoms with Crippen molar-refractivity contribution in [3.8, 4) is 0 Å². The summed E-state index contributed by atoms with van der Waals surface area (Å²) >= 11 is 0. The van der Waals surface area contributed by atoms with E-state index in [1.807, 2.05) is 20.8 Å². The fraction of sp³-hybridized carbons (Fsp3) is 0.923. The first kappa shape index (κ1) is 15.4. The third kappa shape index (κ3) is 4.52. The zero-order valence-electron chi connectivity index (χ0n) is 11.7. The maximum Gasteiger partial charge on any atom is 0.239 e. The van der Waals surface area contributed by atoms with E-state index in [1.54, 1.807) is 0 Å². The highest BCUT2D eigenvalue weighted by atomic mass is 16.2. The summed E-state index contributed by atoms with van der Waals surface area (Å²) in [6, 6.07) is 0.250. The van der Waals surface area contributed by atoms with Crippen molar-refractivity contribution >= 4 is 5.91 Å². The van der Waals surface area contributed by atoms with Crippen LogP contribution in [0.4, 0.5) is 0 Å². The molecule has 0 heterocycles. The average molecular weight is 228 g/mol. The molecule has 3 nitrogen and oxygen atoms in total. The Morgan fingerprint density at radius 2 is 1.69 bits per heavy atom. The van der Waals surface area contributed by atoms with Crippen molar-refractivity contribution in [3.05, 3.63) is 0 Å². The molecular formula is C13H28N2O. The summed E-state index contributed by atoms with van der Waals surface area (Å²) in [6.07, 6.45) is 2.22. The number of rotatable bonds is 7. The maximum absolute atomic E-state index is 12.0. The quantitative estimate of drug-likeness (QED) is 0.702. The molecule has 0 aliphatic heterocycles. The highest BCUT2D eigenvalue weighted by Crippen LogP contribution is 2.13. The van der Waals surface area contributed by atoms with E-state index in [1.165, 1.54) is 0 Å². The van der Waals surface area contributed by atoms with Gasteiger partial charge < -0.3 is 10.6 Å². The monoisotopic (exact) mass is 228 g/mol. The minimum Gasteiger partial charge on any atom is -0.352 e. The Morgan fingerprint density at radius 1 is 1.19 bits per heavy atom. The first-order chi connectivity index (χ1) is 7.38. The number of hydrogen-bond acceptors (Lipinski definition) is 2. The standard InChI is InChI=1S/C13H28N2O/c1-7-11(8-2)10(4)15-12(16)13(5,6)14-9-3/h10-11,14H,7-9H2,1-6H3,(H,15,16). The van der Waals surface area contributed by atoms with Crippen LogP contribution in [0.1, 0.15) is 54.4 Å². The fourth-order valence-corrected chi connectivity index (χ4v) is 2.02. The summed E-state index contributed by atoms with van der Waals surface area (Å²) in [6.45, 7) is 13.1. The zero-order chi connectivity index (χ0) is 12.8. The average Bonchev–Trinajstić information content (AvgIpc) is 2.19. The normalized spacial score (nSPS) is 13.9. The van der Waals surface area contributed by atoms with Gasteiger partial charge in [0, 0.05) is 6.04 Å². The number of likely N-dealkylation sites (N-methyl/N-ethyl adjacent to an activating group) is 1. The Kier molecular flexibility index (Phi) is 6.65. The molecule has 0 aliphatic rings. The first-order valence-electron chi connectivity index (χ1n) is 6.44. The van der Waals surface area contributed by atoms with Crippen LogP contribution in [0.5, 0.6) is 0 Å². The summed E-state index contributed by atoms with van der Waals surface area (Å²) in [7, 11) is 0. The Bertz CT molecular complexity index is 210. The van der Waals surface area contributed by atoms with Crippen LogP contribution >= 0.6 is 0 Å². The molecule has 1 amide bonds. The van der Waals surface area contributed by atoms with E-state index in [4.69, 9.17) is 0 Å². The van der Waals surface area contributed by atoms with Crippen molar-refractivity contribution in [2.45, 2.75) is 66.0 Å². The molecule has 96 valence electrons. The summed E-state index contributed by atoms with van der Waals surface area (Å²) in [4.78, 5) is 12.0. The van der Waals surface area contributed by atoms with Gasteiger partial charge in [0.25, 0.3) is 0 Å². The molecule has 0 aromatic heterocycles. The van der Waals surface area contributed by atoms with Crippen LogP contribution in [0.15, 0.2) is 0 Å². The van der Waals surface area contributed by atoms with Gasteiger partial charge in [-0.1, -0.05) is 33.6 Å². The second-order valence-electron chi connectivity index (χ2n) is 4.99. The Hall–Kier alpha value is -0.570. The van der Waals surface area contributed by atoms with E-state index in [0.717, 1.165) is 19.4 Å². The minimum absolute atomic E-state index is 0.0914. The fourth-order valence-electron chi connectivity index (χ4n) is 2.02. The van der Waals surface area contributed by atoms with Crippen LogP contribution < -0.4 is 10.6 Å². The molecule has 0 aromatic rings. The van der Waals surface area contributed by atoms with Gasteiger partial charge in [0.1, 0.15) is 0 Å². The molecule has 0 bridgehead atoms. The first-order valence-corrected chi connectivity index (χ1v) is 6.44. The third-order valence-corrected chi connectivity index (χ3v) is 3.30. The molecule has 0 saturated heterocycles. The molecule has 1 atom stereocenters. The molecule has 0 saturated carbocycles. The van der Waals surface area contributed by atoms with Crippen molar-refractivity contribution in [2.24, 2.45) is 5.92 Å². The van der Waals surface area contributed by atoms with E-state index in [9.17, 15) is 4.79 Å². The molecule has 0 aromatic carbocycles. The van der Waals surface area contributed by atoms with E-state index in [0.29, 0.717) is 5.92 Å². The number of amides is 1. The SMILES string of the molecule is CCNC(C)(C)C(=O)NC(C)C(CC)CC. The van der Waals surface area contributed by atoms with Crippen molar-refractivity contribution in [1.29, 1.82) is 0 Å². The lowest BCUT2D eigenvalue weighted by Gasteiger charge is -2.29. The van der Waals surface area contributed by atoms with Crippen LogP contribution in [-0.4, -0.2) is 24.0 Å². The lowest BCUT2D eigenvalue weighted by atomic mass is 9.94. The lowest BCUT2D eigenvalue weighted by molar-refractivity contribution is -0.127. The lowest BCUT2D eigenvalue weighted by Crippen LogP contribution is -2.55. The van der Waals surface area contributed by atoms with Gasteiger partial charge in [0.2, 0.25) is 5.91 Å². The van der Waals surface area contributed by atoms with Gasteiger partial charge in [-0.05, 0) is 33.2 Å². The van der Waals surface area contributed by atoms with Crippen molar-refractivity contribution in [1.82, 2.24) is 10.6 Å². The Morgan fingerprint density at radius 3 is 2.06 bits per heavy atom. The molecule has 0 aliphatic carbocycles. The zero-order valence-corrected chi connectivity index (χ0v) is 11.7. The second kappa shape index (κ2) is 6.89. The van der Waals surface area contributed by atoms with Crippen molar-refractivity contribution in [3.63, 3.8) is 0 Å². The van der Waals surface area contributed by atoms with Crippen LogP contribution in [-0.2, 0) is 4.79 Å². The molecule has 16 heavy (non-hydrogen) atoms. The van der Waals surface area contributed by atoms with Gasteiger partial charge in [-0.25, -0.2) is 0 Å². The molecule has 2 N–H and O–H groups in total. The van der Waals surface area contributed by atoms with Gasteiger partial charge >= 0.3 is 0 Å². The van der Waals surface area contributed by atoms with Crippen LogP contribution in [0, 0.1) is 5.92 Å². The number of carbonyl (C=O) groups excluding carboxylic acids is 1. The van der Waals surface area contributed by atoms with Crippen molar-refractivity contribution in [2.75, 3.05) is 6.54 Å². The van der Waals surface area contributed by atoms with Gasteiger partial charge in [-0.15, -0.1) is 0 Å². The smallest absolute Gasteiger partial charge is 0.239 e. The summed E-state index contributed by atoms with van der Waals surface area (Å²) < 4.78 is 0. The van der Waals surface area contributed by atoms with Gasteiger partial charge in [-0.3, -0.25) is 4.79 Å². The van der Waals surface area contributed by atoms with E-state index in [2.05, 4.69) is 31.4 Å². The van der Waals surface area contributed by atoms with Gasteiger partial charge in [0.15, 0.2) is 0 Å². The number of carbonyl (C=O) groups is 1. The predicted octanol–water partition coefficient (Wildman–Crippen LogP) is 2.32. The largest absolute Gasteiger partial charge is 0.352 e. The molecule has 1 unspecified atom stereocenters.